The van der Waals surface area contributed by atoms with Gasteiger partial charge in [-0.15, -0.1) is 11.8 Å². The Morgan fingerprint density at radius 1 is 1.31 bits per heavy atom. The van der Waals surface area contributed by atoms with Crippen LogP contribution in [-0.4, -0.2) is 10.1 Å². The van der Waals surface area contributed by atoms with Crippen molar-refractivity contribution in [3.05, 3.63) is 46.9 Å². The van der Waals surface area contributed by atoms with Gasteiger partial charge in [-0.2, -0.15) is 0 Å². The topological polar surface area (TPSA) is 0 Å². The van der Waals surface area contributed by atoms with Crippen LogP contribution in [0.2, 0.25) is 0 Å². The standard InChI is InChI=1S/C14H15BrS/c15-13-4-1-10(2-5-13)11-3-6-14-12(9-11)7-8-16-14/h1,3,6-9,12-14H,2,4-5H2. The summed E-state index contributed by atoms with van der Waals surface area (Å²) in [7, 11) is 0. The summed E-state index contributed by atoms with van der Waals surface area (Å²) in [5, 5.41) is 2.90. The average Bonchev–Trinajstić information content (AvgIpc) is 2.77. The van der Waals surface area contributed by atoms with E-state index in [1.807, 2.05) is 11.8 Å². The Labute approximate surface area is 110 Å². The van der Waals surface area contributed by atoms with E-state index in [9.17, 15) is 0 Å². The number of fused-ring (bicyclic) bond motifs is 1. The molecule has 3 aliphatic rings. The average molecular weight is 295 g/mol. The van der Waals surface area contributed by atoms with Crippen molar-refractivity contribution >= 4 is 27.7 Å². The molecular formula is C14H15BrS. The molecule has 0 fully saturated rings. The summed E-state index contributed by atoms with van der Waals surface area (Å²) in [4.78, 5) is 0.694. The lowest BCUT2D eigenvalue weighted by atomic mass is 9.87. The molecule has 3 unspecified atom stereocenters. The summed E-state index contributed by atoms with van der Waals surface area (Å²) in [6.07, 6.45) is 15.5. The van der Waals surface area contributed by atoms with E-state index in [2.05, 4.69) is 51.7 Å². The first kappa shape index (κ1) is 10.9. The molecule has 0 aromatic heterocycles. The van der Waals surface area contributed by atoms with Crippen molar-refractivity contribution in [1.29, 1.82) is 0 Å². The van der Waals surface area contributed by atoms with Crippen molar-refractivity contribution in [2.45, 2.75) is 29.3 Å². The maximum atomic E-state index is 3.69. The summed E-state index contributed by atoms with van der Waals surface area (Å²) < 4.78 is 0. The predicted octanol–water partition coefficient (Wildman–Crippen LogP) is 4.60. The van der Waals surface area contributed by atoms with Crippen LogP contribution >= 0.6 is 27.7 Å². The van der Waals surface area contributed by atoms with Gasteiger partial charge in [0.25, 0.3) is 0 Å². The first-order valence-electron chi connectivity index (χ1n) is 5.88. The summed E-state index contributed by atoms with van der Waals surface area (Å²) in [5.74, 6) is 0.632. The van der Waals surface area contributed by atoms with Crippen LogP contribution in [0.5, 0.6) is 0 Å². The number of hydrogen-bond donors (Lipinski definition) is 0. The van der Waals surface area contributed by atoms with Crippen LogP contribution in [-0.2, 0) is 0 Å². The smallest absolute Gasteiger partial charge is 0.0369 e. The van der Waals surface area contributed by atoms with Gasteiger partial charge in [-0.1, -0.05) is 46.3 Å². The van der Waals surface area contributed by atoms with E-state index in [4.69, 9.17) is 0 Å². The molecule has 0 aromatic carbocycles. The van der Waals surface area contributed by atoms with Gasteiger partial charge in [0.2, 0.25) is 0 Å². The monoisotopic (exact) mass is 294 g/mol. The Kier molecular flexibility index (Phi) is 3.12. The van der Waals surface area contributed by atoms with E-state index in [0.29, 0.717) is 16.0 Å². The maximum absolute atomic E-state index is 3.69. The Morgan fingerprint density at radius 2 is 2.25 bits per heavy atom. The Morgan fingerprint density at radius 3 is 3.06 bits per heavy atom. The second kappa shape index (κ2) is 4.58. The molecule has 0 saturated carbocycles. The molecule has 84 valence electrons. The number of alkyl halides is 1. The minimum absolute atomic E-state index is 0.632. The van der Waals surface area contributed by atoms with Gasteiger partial charge in [0.1, 0.15) is 0 Å². The summed E-state index contributed by atoms with van der Waals surface area (Å²) in [5.41, 5.74) is 3.02. The highest BCUT2D eigenvalue weighted by molar-refractivity contribution is 9.09. The van der Waals surface area contributed by atoms with Gasteiger partial charge in [0.15, 0.2) is 0 Å². The fourth-order valence-corrected chi connectivity index (χ4v) is 3.88. The number of rotatable bonds is 1. The molecule has 0 saturated heterocycles. The van der Waals surface area contributed by atoms with Gasteiger partial charge in [-0.05, 0) is 35.8 Å². The lowest BCUT2D eigenvalue weighted by Crippen LogP contribution is -2.12. The lowest BCUT2D eigenvalue weighted by molar-refractivity contribution is 0.730. The highest BCUT2D eigenvalue weighted by Gasteiger charge is 2.24. The second-order valence-electron chi connectivity index (χ2n) is 4.59. The van der Waals surface area contributed by atoms with Crippen molar-refractivity contribution in [3.8, 4) is 0 Å². The normalized spacial score (nSPS) is 36.9. The van der Waals surface area contributed by atoms with E-state index in [-0.39, 0.29) is 0 Å². The van der Waals surface area contributed by atoms with E-state index in [1.165, 1.54) is 24.8 Å². The number of thioether (sulfide) groups is 1. The SMILES string of the molecule is BrC1CC=C(C2=CC3C=CSC3C=C2)CC1. The molecule has 0 amide bonds. The molecule has 0 radical (unpaired) electrons. The molecule has 2 heteroatoms. The van der Waals surface area contributed by atoms with E-state index >= 15 is 0 Å². The van der Waals surface area contributed by atoms with Crippen molar-refractivity contribution in [2.24, 2.45) is 5.92 Å². The Balaban J connectivity index is 1.81. The molecule has 3 atom stereocenters. The van der Waals surface area contributed by atoms with E-state index in [0.717, 1.165) is 0 Å². The van der Waals surface area contributed by atoms with Crippen LogP contribution in [0.3, 0.4) is 0 Å². The Hall–Kier alpha value is -0.210. The van der Waals surface area contributed by atoms with Crippen LogP contribution in [0, 0.1) is 5.92 Å². The highest BCUT2D eigenvalue weighted by atomic mass is 79.9. The lowest BCUT2D eigenvalue weighted by Gasteiger charge is -2.22. The second-order valence-corrected chi connectivity index (χ2v) is 6.97. The third-order valence-corrected chi connectivity index (χ3v) is 5.40. The summed E-state index contributed by atoms with van der Waals surface area (Å²) >= 11 is 5.62. The first-order valence-corrected chi connectivity index (χ1v) is 7.74. The summed E-state index contributed by atoms with van der Waals surface area (Å²) in [6.45, 7) is 0. The van der Waals surface area contributed by atoms with Crippen LogP contribution in [0.15, 0.2) is 46.9 Å². The minimum atomic E-state index is 0.632. The minimum Gasteiger partial charge on any atom is -0.126 e. The van der Waals surface area contributed by atoms with E-state index in [1.54, 1.807) is 5.57 Å². The molecule has 0 spiro atoms. The first-order chi connectivity index (χ1) is 7.83. The fraction of sp³-hybridized carbons (Fsp3) is 0.429. The fourth-order valence-electron chi connectivity index (χ4n) is 2.49. The zero-order valence-electron chi connectivity index (χ0n) is 9.10. The molecule has 0 N–H and O–H groups in total. The van der Waals surface area contributed by atoms with Crippen molar-refractivity contribution < 1.29 is 0 Å². The third-order valence-electron chi connectivity index (χ3n) is 3.47. The van der Waals surface area contributed by atoms with E-state index < -0.39 is 0 Å². The van der Waals surface area contributed by atoms with Gasteiger partial charge in [-0.25, -0.2) is 0 Å². The van der Waals surface area contributed by atoms with Crippen LogP contribution in [0.25, 0.3) is 0 Å². The molecular weight excluding hydrogens is 280 g/mol. The zero-order chi connectivity index (χ0) is 11.0. The maximum Gasteiger partial charge on any atom is 0.0369 e. The van der Waals surface area contributed by atoms with Gasteiger partial charge < -0.3 is 0 Å². The predicted molar refractivity (Wildman–Crippen MR) is 75.9 cm³/mol. The largest absolute Gasteiger partial charge is 0.126 e. The molecule has 1 aliphatic heterocycles. The molecule has 3 rings (SSSR count). The summed E-state index contributed by atoms with van der Waals surface area (Å²) in [6, 6.07) is 0. The van der Waals surface area contributed by atoms with Crippen molar-refractivity contribution in [1.82, 2.24) is 0 Å². The van der Waals surface area contributed by atoms with Crippen LogP contribution < -0.4 is 0 Å². The number of halogens is 1. The molecule has 0 nitrogen and oxygen atoms in total. The van der Waals surface area contributed by atoms with Gasteiger partial charge in [-0.3, -0.25) is 0 Å². The zero-order valence-corrected chi connectivity index (χ0v) is 11.5. The number of hydrogen-bond acceptors (Lipinski definition) is 1. The molecule has 1 heterocycles. The third kappa shape index (κ3) is 2.10. The molecule has 0 aromatic rings. The van der Waals surface area contributed by atoms with Gasteiger partial charge in [0.05, 0.1) is 0 Å². The van der Waals surface area contributed by atoms with Crippen molar-refractivity contribution in [2.75, 3.05) is 0 Å². The quantitative estimate of drug-likeness (QED) is 0.637. The Bertz CT molecular complexity index is 403. The molecule has 2 aliphatic carbocycles. The van der Waals surface area contributed by atoms with Gasteiger partial charge >= 0.3 is 0 Å². The number of allylic oxidation sites excluding steroid dienone is 6. The molecule has 16 heavy (non-hydrogen) atoms. The molecule has 0 bridgehead atoms. The van der Waals surface area contributed by atoms with Crippen LogP contribution in [0.4, 0.5) is 0 Å². The van der Waals surface area contributed by atoms with Gasteiger partial charge in [0, 0.05) is 16.0 Å². The highest BCUT2D eigenvalue weighted by Crippen LogP contribution is 2.38. The van der Waals surface area contributed by atoms with Crippen LogP contribution in [0.1, 0.15) is 19.3 Å². The van der Waals surface area contributed by atoms with Crippen molar-refractivity contribution in [3.63, 3.8) is 0 Å².